The zero-order valence-corrected chi connectivity index (χ0v) is 15.0. The Morgan fingerprint density at radius 1 is 1.29 bits per heavy atom. The van der Waals surface area contributed by atoms with E-state index in [0.717, 1.165) is 10.7 Å². The number of aryl methyl sites for hydroxylation is 1. The number of aromatic nitrogens is 4. The van der Waals surface area contributed by atoms with E-state index in [1.165, 1.54) is 36.9 Å². The normalized spacial score (nSPS) is 12.8. The van der Waals surface area contributed by atoms with E-state index in [1.54, 1.807) is 18.3 Å². The third-order valence-electron chi connectivity index (χ3n) is 4.09. The van der Waals surface area contributed by atoms with Gasteiger partial charge in [-0.1, -0.05) is 12.1 Å². The molecule has 1 atom stereocenters. The number of halogens is 4. The SMILES string of the molecule is Cc1cc(C(F)(F)F)nn1C(C)C(=O)Nc1cnn(Cc2cccc(F)c2)c1. The van der Waals surface area contributed by atoms with Crippen molar-refractivity contribution in [3.05, 3.63) is 65.5 Å². The topological polar surface area (TPSA) is 64.7 Å². The van der Waals surface area contributed by atoms with Gasteiger partial charge in [0.15, 0.2) is 5.69 Å². The molecule has 0 aliphatic rings. The van der Waals surface area contributed by atoms with Crippen LogP contribution in [0.25, 0.3) is 0 Å². The fraction of sp³-hybridized carbons (Fsp3) is 0.278. The van der Waals surface area contributed by atoms with Crippen molar-refractivity contribution in [1.29, 1.82) is 0 Å². The Hall–Kier alpha value is -3.17. The fourth-order valence-electron chi connectivity index (χ4n) is 2.71. The number of carbonyl (C=O) groups is 1. The van der Waals surface area contributed by atoms with Crippen LogP contribution in [0.4, 0.5) is 23.2 Å². The number of hydrogen-bond donors (Lipinski definition) is 1. The molecule has 3 aromatic rings. The van der Waals surface area contributed by atoms with Crippen LogP contribution in [0.2, 0.25) is 0 Å². The van der Waals surface area contributed by atoms with E-state index >= 15 is 0 Å². The van der Waals surface area contributed by atoms with E-state index in [9.17, 15) is 22.4 Å². The Morgan fingerprint density at radius 3 is 2.68 bits per heavy atom. The lowest BCUT2D eigenvalue weighted by Crippen LogP contribution is -2.25. The minimum Gasteiger partial charge on any atom is -0.322 e. The van der Waals surface area contributed by atoms with Crippen LogP contribution >= 0.6 is 0 Å². The quantitative estimate of drug-likeness (QED) is 0.669. The Morgan fingerprint density at radius 2 is 2.04 bits per heavy atom. The number of nitrogens with zero attached hydrogens (tertiary/aromatic N) is 4. The summed E-state index contributed by atoms with van der Waals surface area (Å²) in [5, 5.41) is 10.2. The summed E-state index contributed by atoms with van der Waals surface area (Å²) in [5.41, 5.74) is 0.236. The lowest BCUT2D eigenvalue weighted by molar-refractivity contribution is -0.141. The van der Waals surface area contributed by atoms with E-state index in [2.05, 4.69) is 15.5 Å². The van der Waals surface area contributed by atoms with Gasteiger partial charge in [-0.05, 0) is 37.6 Å². The van der Waals surface area contributed by atoms with Crippen LogP contribution in [0.15, 0.2) is 42.7 Å². The van der Waals surface area contributed by atoms with Gasteiger partial charge in [-0.3, -0.25) is 14.2 Å². The summed E-state index contributed by atoms with van der Waals surface area (Å²) < 4.78 is 54.1. The van der Waals surface area contributed by atoms with Crippen LogP contribution in [-0.2, 0) is 17.5 Å². The van der Waals surface area contributed by atoms with Crippen molar-refractivity contribution in [1.82, 2.24) is 19.6 Å². The molecule has 0 bridgehead atoms. The molecular formula is C18H17F4N5O. The summed E-state index contributed by atoms with van der Waals surface area (Å²) in [6.07, 6.45) is -1.63. The van der Waals surface area contributed by atoms with Crippen molar-refractivity contribution >= 4 is 11.6 Å². The second kappa shape index (κ2) is 7.45. The molecule has 1 aromatic carbocycles. The van der Waals surface area contributed by atoms with Gasteiger partial charge in [-0.25, -0.2) is 4.39 Å². The molecule has 6 nitrogen and oxygen atoms in total. The first-order valence-electron chi connectivity index (χ1n) is 8.34. The second-order valence-corrected chi connectivity index (χ2v) is 6.34. The van der Waals surface area contributed by atoms with Gasteiger partial charge >= 0.3 is 6.18 Å². The van der Waals surface area contributed by atoms with Gasteiger partial charge in [0.2, 0.25) is 5.91 Å². The molecule has 1 amide bonds. The van der Waals surface area contributed by atoms with E-state index in [1.807, 2.05) is 0 Å². The Balaban J connectivity index is 1.68. The summed E-state index contributed by atoms with van der Waals surface area (Å²) in [7, 11) is 0. The highest BCUT2D eigenvalue weighted by Gasteiger charge is 2.35. The highest BCUT2D eigenvalue weighted by molar-refractivity contribution is 5.93. The monoisotopic (exact) mass is 395 g/mol. The predicted molar refractivity (Wildman–Crippen MR) is 93.0 cm³/mol. The van der Waals surface area contributed by atoms with Crippen molar-refractivity contribution in [3.63, 3.8) is 0 Å². The number of nitrogens with one attached hydrogen (secondary N) is 1. The van der Waals surface area contributed by atoms with Crippen LogP contribution in [0.5, 0.6) is 0 Å². The van der Waals surface area contributed by atoms with E-state index in [4.69, 9.17) is 0 Å². The van der Waals surface area contributed by atoms with Crippen molar-refractivity contribution in [2.45, 2.75) is 32.6 Å². The molecule has 10 heteroatoms. The molecule has 2 heterocycles. The van der Waals surface area contributed by atoms with E-state index < -0.39 is 23.8 Å². The molecule has 0 aliphatic carbocycles. The summed E-state index contributed by atoms with van der Waals surface area (Å²) in [6, 6.07) is 5.97. The zero-order valence-electron chi connectivity index (χ0n) is 15.0. The number of amides is 1. The summed E-state index contributed by atoms with van der Waals surface area (Å²) >= 11 is 0. The predicted octanol–water partition coefficient (Wildman–Crippen LogP) is 3.79. The van der Waals surface area contributed by atoms with Crippen LogP contribution < -0.4 is 5.32 Å². The Bertz CT molecular complexity index is 992. The van der Waals surface area contributed by atoms with Gasteiger partial charge in [0, 0.05) is 11.9 Å². The number of rotatable bonds is 5. The van der Waals surface area contributed by atoms with Crippen LogP contribution in [0.3, 0.4) is 0 Å². The van der Waals surface area contributed by atoms with Crippen LogP contribution in [-0.4, -0.2) is 25.5 Å². The number of alkyl halides is 3. The van der Waals surface area contributed by atoms with Gasteiger partial charge in [-0.15, -0.1) is 0 Å². The largest absolute Gasteiger partial charge is 0.435 e. The third-order valence-corrected chi connectivity index (χ3v) is 4.09. The summed E-state index contributed by atoms with van der Waals surface area (Å²) in [4.78, 5) is 12.4. The first kappa shape index (κ1) is 19.6. The minimum atomic E-state index is -4.58. The van der Waals surface area contributed by atoms with Crippen LogP contribution in [0, 0.1) is 12.7 Å². The first-order valence-corrected chi connectivity index (χ1v) is 8.34. The van der Waals surface area contributed by atoms with Gasteiger partial charge in [0.25, 0.3) is 0 Å². The molecular weight excluding hydrogens is 378 g/mol. The maximum absolute atomic E-state index is 13.2. The number of hydrogen-bond acceptors (Lipinski definition) is 3. The molecule has 0 radical (unpaired) electrons. The highest BCUT2D eigenvalue weighted by Crippen LogP contribution is 2.29. The molecule has 0 spiro atoms. The maximum Gasteiger partial charge on any atom is 0.435 e. The molecule has 0 saturated carbocycles. The molecule has 0 aliphatic heterocycles. The summed E-state index contributed by atoms with van der Waals surface area (Å²) in [5.74, 6) is -0.898. The number of carbonyl (C=O) groups excluding carboxylic acids is 1. The third kappa shape index (κ3) is 4.38. The van der Waals surface area contributed by atoms with Gasteiger partial charge in [0.1, 0.15) is 11.9 Å². The average Bonchev–Trinajstić information content (AvgIpc) is 3.20. The van der Waals surface area contributed by atoms with E-state index in [0.29, 0.717) is 17.8 Å². The molecule has 28 heavy (non-hydrogen) atoms. The lowest BCUT2D eigenvalue weighted by atomic mass is 10.2. The average molecular weight is 395 g/mol. The maximum atomic E-state index is 13.2. The number of benzene rings is 1. The molecule has 1 unspecified atom stereocenters. The minimum absolute atomic E-state index is 0.219. The molecule has 2 aromatic heterocycles. The fourth-order valence-corrected chi connectivity index (χ4v) is 2.71. The van der Waals surface area contributed by atoms with Crippen molar-refractivity contribution < 1.29 is 22.4 Å². The van der Waals surface area contributed by atoms with Crippen molar-refractivity contribution in [2.24, 2.45) is 0 Å². The first-order chi connectivity index (χ1) is 13.1. The van der Waals surface area contributed by atoms with Crippen molar-refractivity contribution in [3.8, 4) is 0 Å². The summed E-state index contributed by atoms with van der Waals surface area (Å²) in [6.45, 7) is 3.20. The molecule has 3 rings (SSSR count). The highest BCUT2D eigenvalue weighted by atomic mass is 19.4. The standard InChI is InChI=1S/C18H17F4N5O/c1-11-6-16(18(20,21)22)25-27(11)12(2)17(28)24-15-8-23-26(10-15)9-13-4-3-5-14(19)7-13/h3-8,10,12H,9H2,1-2H3,(H,24,28). The second-order valence-electron chi connectivity index (χ2n) is 6.34. The zero-order chi connectivity index (χ0) is 20.5. The van der Waals surface area contributed by atoms with Gasteiger partial charge in [0.05, 0.1) is 18.4 Å². The van der Waals surface area contributed by atoms with Crippen molar-refractivity contribution in [2.75, 3.05) is 5.32 Å². The smallest absolute Gasteiger partial charge is 0.322 e. The molecule has 148 valence electrons. The Kier molecular flexibility index (Phi) is 5.21. The Labute approximate surface area is 157 Å². The van der Waals surface area contributed by atoms with Gasteiger partial charge < -0.3 is 5.32 Å². The van der Waals surface area contributed by atoms with Gasteiger partial charge in [-0.2, -0.15) is 23.4 Å². The number of anilines is 1. The van der Waals surface area contributed by atoms with E-state index in [-0.39, 0.29) is 11.5 Å². The van der Waals surface area contributed by atoms with Crippen LogP contribution in [0.1, 0.15) is 29.9 Å². The molecule has 0 fully saturated rings. The lowest BCUT2D eigenvalue weighted by Gasteiger charge is -2.13. The molecule has 0 saturated heterocycles. The molecule has 1 N–H and O–H groups in total.